The van der Waals surface area contributed by atoms with Crippen molar-refractivity contribution < 1.29 is 17.6 Å². The minimum absolute atomic E-state index is 0.223. The van der Waals surface area contributed by atoms with Crippen molar-refractivity contribution in [1.82, 2.24) is 9.55 Å². The second kappa shape index (κ2) is 4.65. The highest BCUT2D eigenvalue weighted by molar-refractivity contribution is 5.40. The monoisotopic (exact) mass is 273 g/mol. The number of aromatic nitrogens is 2. The van der Waals surface area contributed by atoms with Crippen LogP contribution in [0.2, 0.25) is 0 Å². The van der Waals surface area contributed by atoms with Crippen LogP contribution < -0.4 is 5.73 Å². The van der Waals surface area contributed by atoms with Crippen LogP contribution in [0.5, 0.6) is 0 Å². The summed E-state index contributed by atoms with van der Waals surface area (Å²) in [5.41, 5.74) is 4.95. The quantitative estimate of drug-likeness (QED) is 0.855. The van der Waals surface area contributed by atoms with Gasteiger partial charge in [-0.15, -0.1) is 0 Å². The van der Waals surface area contributed by atoms with Crippen molar-refractivity contribution in [3.8, 4) is 5.69 Å². The molecule has 1 atom stereocenters. The highest BCUT2D eigenvalue weighted by atomic mass is 19.4. The molecule has 0 saturated carbocycles. The number of nitrogens with two attached hydrogens (primary N) is 1. The molecule has 0 amide bonds. The van der Waals surface area contributed by atoms with E-state index in [4.69, 9.17) is 5.73 Å². The normalized spacial score (nSPS) is 13.6. The van der Waals surface area contributed by atoms with Crippen molar-refractivity contribution in [2.75, 3.05) is 0 Å². The summed E-state index contributed by atoms with van der Waals surface area (Å²) >= 11 is 0. The number of hydrogen-bond acceptors (Lipinski definition) is 2. The van der Waals surface area contributed by atoms with E-state index in [1.54, 1.807) is 6.92 Å². The molecular formula is C12H11F4N3. The summed E-state index contributed by atoms with van der Waals surface area (Å²) in [5, 5.41) is 0. The molecule has 2 aromatic rings. The molecule has 2 rings (SSSR count). The third-order valence-electron chi connectivity index (χ3n) is 2.67. The molecule has 0 aliphatic carbocycles. The van der Waals surface area contributed by atoms with Crippen LogP contribution in [0.15, 0.2) is 30.7 Å². The molecule has 0 aliphatic heterocycles. The highest BCUT2D eigenvalue weighted by Crippen LogP contribution is 2.31. The zero-order valence-corrected chi connectivity index (χ0v) is 9.95. The van der Waals surface area contributed by atoms with E-state index in [1.807, 2.05) is 0 Å². The van der Waals surface area contributed by atoms with Gasteiger partial charge in [0, 0.05) is 6.04 Å². The zero-order chi connectivity index (χ0) is 14.2. The van der Waals surface area contributed by atoms with E-state index in [0.717, 1.165) is 12.1 Å². The van der Waals surface area contributed by atoms with Gasteiger partial charge in [-0.2, -0.15) is 13.2 Å². The van der Waals surface area contributed by atoms with Crippen molar-refractivity contribution in [2.45, 2.75) is 19.1 Å². The Morgan fingerprint density at radius 3 is 2.58 bits per heavy atom. The Hall–Kier alpha value is -1.89. The first kappa shape index (κ1) is 13.5. The maximum atomic E-state index is 13.7. The fourth-order valence-corrected chi connectivity index (χ4v) is 1.72. The van der Waals surface area contributed by atoms with Gasteiger partial charge >= 0.3 is 6.18 Å². The summed E-state index contributed by atoms with van der Waals surface area (Å²) < 4.78 is 52.8. The third kappa shape index (κ3) is 2.60. The van der Waals surface area contributed by atoms with Gasteiger partial charge in [0.1, 0.15) is 5.82 Å². The van der Waals surface area contributed by atoms with Gasteiger partial charge in [0.15, 0.2) is 0 Å². The predicted octanol–water partition coefficient (Wildman–Crippen LogP) is 3.05. The number of nitrogens with zero attached hydrogens (tertiary/aromatic N) is 2. The van der Waals surface area contributed by atoms with E-state index < -0.39 is 23.6 Å². The Morgan fingerprint density at radius 2 is 2.00 bits per heavy atom. The fourth-order valence-electron chi connectivity index (χ4n) is 1.72. The lowest BCUT2D eigenvalue weighted by Gasteiger charge is -2.14. The summed E-state index contributed by atoms with van der Waals surface area (Å²) in [7, 11) is 0. The maximum Gasteiger partial charge on any atom is 0.416 e. The Labute approximate surface area is 106 Å². The first-order valence-corrected chi connectivity index (χ1v) is 5.45. The van der Waals surface area contributed by atoms with Gasteiger partial charge in [-0.25, -0.2) is 9.37 Å². The molecule has 0 bridgehead atoms. The Kier molecular flexibility index (Phi) is 3.32. The van der Waals surface area contributed by atoms with Gasteiger partial charge in [0.05, 0.1) is 29.5 Å². The van der Waals surface area contributed by atoms with Crippen molar-refractivity contribution in [2.24, 2.45) is 5.73 Å². The van der Waals surface area contributed by atoms with E-state index in [1.165, 1.54) is 17.1 Å². The van der Waals surface area contributed by atoms with Crippen LogP contribution in [0.4, 0.5) is 17.6 Å². The summed E-state index contributed by atoms with van der Waals surface area (Å²) in [6, 6.07) is 1.74. The van der Waals surface area contributed by atoms with Crippen LogP contribution >= 0.6 is 0 Å². The molecule has 19 heavy (non-hydrogen) atoms. The van der Waals surface area contributed by atoms with E-state index in [0.29, 0.717) is 11.8 Å². The molecule has 1 aromatic heterocycles. The minimum Gasteiger partial charge on any atom is -0.323 e. The average Bonchev–Trinajstić information content (AvgIpc) is 2.76. The lowest BCUT2D eigenvalue weighted by atomic mass is 10.1. The van der Waals surface area contributed by atoms with E-state index in [2.05, 4.69) is 4.98 Å². The second-order valence-electron chi connectivity index (χ2n) is 4.14. The molecule has 1 aromatic carbocycles. The predicted molar refractivity (Wildman–Crippen MR) is 61.1 cm³/mol. The number of alkyl halides is 3. The van der Waals surface area contributed by atoms with E-state index in [-0.39, 0.29) is 5.69 Å². The van der Waals surface area contributed by atoms with E-state index in [9.17, 15) is 17.6 Å². The minimum atomic E-state index is -4.53. The van der Waals surface area contributed by atoms with Gasteiger partial charge in [0.2, 0.25) is 0 Å². The number of benzene rings is 1. The lowest BCUT2D eigenvalue weighted by Crippen LogP contribution is -2.13. The van der Waals surface area contributed by atoms with Gasteiger partial charge in [-0.05, 0) is 25.1 Å². The third-order valence-corrected chi connectivity index (χ3v) is 2.67. The smallest absolute Gasteiger partial charge is 0.323 e. The molecule has 7 heteroatoms. The van der Waals surface area contributed by atoms with Gasteiger partial charge < -0.3 is 5.73 Å². The van der Waals surface area contributed by atoms with Crippen molar-refractivity contribution in [1.29, 1.82) is 0 Å². The molecule has 1 heterocycles. The molecule has 0 radical (unpaired) electrons. The van der Waals surface area contributed by atoms with Crippen molar-refractivity contribution in [3.63, 3.8) is 0 Å². The average molecular weight is 273 g/mol. The van der Waals surface area contributed by atoms with Crippen LogP contribution in [0, 0.1) is 5.82 Å². The number of imidazole rings is 1. The number of hydrogen-bond donors (Lipinski definition) is 1. The van der Waals surface area contributed by atoms with Crippen molar-refractivity contribution >= 4 is 0 Å². The zero-order valence-electron chi connectivity index (χ0n) is 9.95. The highest BCUT2D eigenvalue weighted by Gasteiger charge is 2.31. The Bertz CT molecular complexity index is 587. The fraction of sp³-hybridized carbons (Fsp3) is 0.250. The molecule has 2 N–H and O–H groups in total. The Morgan fingerprint density at radius 1 is 1.32 bits per heavy atom. The van der Waals surface area contributed by atoms with Gasteiger partial charge in [-0.1, -0.05) is 0 Å². The first-order valence-electron chi connectivity index (χ1n) is 5.45. The van der Waals surface area contributed by atoms with Crippen LogP contribution in [0.3, 0.4) is 0 Å². The second-order valence-corrected chi connectivity index (χ2v) is 4.14. The van der Waals surface area contributed by atoms with Crippen LogP contribution in [0.1, 0.15) is 24.2 Å². The summed E-state index contributed by atoms with van der Waals surface area (Å²) in [4.78, 5) is 3.79. The molecule has 1 unspecified atom stereocenters. The summed E-state index contributed by atoms with van der Waals surface area (Å²) in [6.45, 7) is 1.64. The molecule has 0 saturated heterocycles. The van der Waals surface area contributed by atoms with Crippen LogP contribution in [0.25, 0.3) is 5.69 Å². The van der Waals surface area contributed by atoms with Crippen LogP contribution in [-0.4, -0.2) is 9.55 Å². The standard InChI is InChI=1S/C12H11F4N3/c1-7(17)11-5-18-6-19(11)10-4-8(12(14,15)16)2-3-9(10)13/h2-7H,17H2,1H3. The largest absolute Gasteiger partial charge is 0.416 e. The maximum absolute atomic E-state index is 13.7. The van der Waals surface area contributed by atoms with Gasteiger partial charge in [0.25, 0.3) is 0 Å². The molecule has 102 valence electrons. The molecule has 0 spiro atoms. The first-order chi connectivity index (χ1) is 8.80. The van der Waals surface area contributed by atoms with E-state index >= 15 is 0 Å². The molecule has 0 fully saturated rings. The summed E-state index contributed by atoms with van der Waals surface area (Å²) in [5.74, 6) is -0.770. The number of halogens is 4. The topological polar surface area (TPSA) is 43.8 Å². The molecule has 3 nitrogen and oxygen atoms in total. The van der Waals surface area contributed by atoms with Crippen LogP contribution in [-0.2, 0) is 6.18 Å². The lowest BCUT2D eigenvalue weighted by molar-refractivity contribution is -0.137. The van der Waals surface area contributed by atoms with Gasteiger partial charge in [-0.3, -0.25) is 4.57 Å². The summed E-state index contributed by atoms with van der Waals surface area (Å²) in [6.07, 6.45) is -1.90. The molecular weight excluding hydrogens is 262 g/mol. The number of rotatable bonds is 2. The SMILES string of the molecule is CC(N)c1cncn1-c1cc(C(F)(F)F)ccc1F. The van der Waals surface area contributed by atoms with Crippen molar-refractivity contribution in [3.05, 3.63) is 47.8 Å². The Balaban J connectivity index is 2.58. The molecule has 0 aliphatic rings.